The predicted molar refractivity (Wildman–Crippen MR) is 113 cm³/mol. The van der Waals surface area contributed by atoms with E-state index in [-0.39, 0.29) is 22.0 Å². The van der Waals surface area contributed by atoms with Crippen molar-refractivity contribution in [3.05, 3.63) is 44.6 Å². The number of rotatable bonds is 6. The van der Waals surface area contributed by atoms with Crippen molar-refractivity contribution in [3.8, 4) is 0 Å². The molecule has 3 rings (SSSR count). The van der Waals surface area contributed by atoms with Crippen LogP contribution in [0.2, 0.25) is 0 Å². The van der Waals surface area contributed by atoms with Gasteiger partial charge in [0.15, 0.2) is 10.9 Å². The number of ketones is 1. The number of Topliss-reactive ketones (excluding diaryl/α,β-unsaturated/α-hetero) is 1. The lowest BCUT2D eigenvalue weighted by Crippen LogP contribution is -2.41. The van der Waals surface area contributed by atoms with E-state index in [1.807, 2.05) is 11.5 Å². The summed E-state index contributed by atoms with van der Waals surface area (Å²) in [5.41, 5.74) is 5.27. The Morgan fingerprint density at radius 3 is 2.47 bits per heavy atom. The zero-order valence-electron chi connectivity index (χ0n) is 16.4. The number of aryl methyl sites for hydroxylation is 1. The topological polar surface area (TPSA) is 165 Å². The minimum absolute atomic E-state index is 0.0650. The molecule has 160 valence electrons. The van der Waals surface area contributed by atoms with E-state index in [0.717, 1.165) is 20.9 Å². The number of nitrogens with zero attached hydrogens (tertiary/aromatic N) is 4. The molecule has 0 aliphatic carbocycles. The van der Waals surface area contributed by atoms with Gasteiger partial charge in [0.1, 0.15) is 11.4 Å². The van der Waals surface area contributed by atoms with Crippen LogP contribution in [0.25, 0.3) is 11.0 Å². The van der Waals surface area contributed by atoms with E-state index < -0.39 is 27.1 Å². The molecule has 2 heterocycles. The first-order valence-electron chi connectivity index (χ1n) is 8.72. The average Bonchev–Trinajstić information content (AvgIpc) is 3.05. The van der Waals surface area contributed by atoms with Crippen molar-refractivity contribution in [3.63, 3.8) is 0 Å². The number of aromatic nitrogens is 4. The van der Waals surface area contributed by atoms with E-state index >= 15 is 0 Å². The number of anilines is 1. The van der Waals surface area contributed by atoms with Crippen molar-refractivity contribution >= 4 is 44.4 Å². The smallest absolute Gasteiger partial charge is 0.332 e. The van der Waals surface area contributed by atoms with Crippen LogP contribution in [0.15, 0.2) is 37.8 Å². The van der Waals surface area contributed by atoms with E-state index in [4.69, 9.17) is 10.9 Å². The number of carbonyl (C=O) groups excluding carboxylic acids is 1. The Morgan fingerprint density at radius 2 is 1.87 bits per heavy atom. The van der Waals surface area contributed by atoms with Gasteiger partial charge in [-0.3, -0.25) is 18.7 Å². The molecule has 30 heavy (non-hydrogen) atoms. The van der Waals surface area contributed by atoms with Gasteiger partial charge in [0, 0.05) is 20.6 Å². The number of hydrogen-bond donors (Lipinski definition) is 2. The lowest BCUT2D eigenvalue weighted by molar-refractivity contribution is 0.102. The Kier molecular flexibility index (Phi) is 5.62. The van der Waals surface area contributed by atoms with Crippen molar-refractivity contribution in [2.45, 2.75) is 23.5 Å². The third kappa shape index (κ3) is 3.66. The second-order valence-corrected chi connectivity index (χ2v) is 9.02. The summed E-state index contributed by atoms with van der Waals surface area (Å²) in [6.07, 6.45) is 0. The number of primary sulfonamides is 1. The lowest BCUT2D eigenvalue weighted by Gasteiger charge is -2.10. The molecular formula is C17H20N6O5S2. The molecule has 0 fully saturated rings. The van der Waals surface area contributed by atoms with E-state index in [0.29, 0.717) is 22.7 Å². The standard InChI is InChI=1S/C17H20N6O5S2/c1-4-23-11-6-5-9(30(19,27)28)7-10(11)20-16(23)29-8-12(24)13-14(18)21(2)17(26)22(3)15(13)25/h5-7H,4,8,18H2,1-3H3,(H2,19,27,28). The number of nitrogens with two attached hydrogens (primary N) is 2. The second kappa shape index (κ2) is 7.74. The maximum atomic E-state index is 12.7. The quantitative estimate of drug-likeness (QED) is 0.378. The minimum Gasteiger partial charge on any atom is -0.384 e. The first-order chi connectivity index (χ1) is 14.0. The second-order valence-electron chi connectivity index (χ2n) is 6.51. The Balaban J connectivity index is 1.97. The summed E-state index contributed by atoms with van der Waals surface area (Å²) in [5, 5.41) is 5.64. The number of benzene rings is 1. The molecule has 2 aromatic heterocycles. The fourth-order valence-electron chi connectivity index (χ4n) is 3.00. The summed E-state index contributed by atoms with van der Waals surface area (Å²) in [7, 11) is -1.23. The van der Waals surface area contributed by atoms with Crippen LogP contribution in [0.5, 0.6) is 0 Å². The molecule has 11 nitrogen and oxygen atoms in total. The van der Waals surface area contributed by atoms with Gasteiger partial charge in [-0.2, -0.15) is 0 Å². The molecule has 0 aliphatic heterocycles. The predicted octanol–water partition coefficient (Wildman–Crippen LogP) is -0.342. The third-order valence-electron chi connectivity index (χ3n) is 4.65. The molecule has 0 unspecified atom stereocenters. The highest BCUT2D eigenvalue weighted by Gasteiger charge is 2.22. The van der Waals surface area contributed by atoms with Crippen molar-refractivity contribution in [1.82, 2.24) is 18.7 Å². The highest BCUT2D eigenvalue weighted by Crippen LogP contribution is 2.26. The van der Waals surface area contributed by atoms with Gasteiger partial charge in [-0.1, -0.05) is 11.8 Å². The highest BCUT2D eigenvalue weighted by atomic mass is 32.2. The number of imidazole rings is 1. The van der Waals surface area contributed by atoms with Crippen LogP contribution in [0.3, 0.4) is 0 Å². The molecular weight excluding hydrogens is 432 g/mol. The van der Waals surface area contributed by atoms with Crippen LogP contribution in [0.1, 0.15) is 17.3 Å². The zero-order chi connectivity index (χ0) is 22.4. The first kappa shape index (κ1) is 21.8. The Hall–Kier alpha value is -2.90. The van der Waals surface area contributed by atoms with Gasteiger partial charge in [0.05, 0.1) is 21.7 Å². The van der Waals surface area contributed by atoms with Gasteiger partial charge in [0.25, 0.3) is 5.56 Å². The van der Waals surface area contributed by atoms with E-state index in [1.165, 1.54) is 26.2 Å². The van der Waals surface area contributed by atoms with Gasteiger partial charge >= 0.3 is 5.69 Å². The van der Waals surface area contributed by atoms with Crippen molar-refractivity contribution in [2.24, 2.45) is 19.2 Å². The largest absolute Gasteiger partial charge is 0.384 e. The molecule has 1 aromatic carbocycles. The monoisotopic (exact) mass is 452 g/mol. The number of hydrogen-bond acceptors (Lipinski definition) is 8. The Bertz CT molecular complexity index is 1400. The summed E-state index contributed by atoms with van der Waals surface area (Å²) in [4.78, 5) is 41.3. The molecule has 13 heteroatoms. The molecule has 0 spiro atoms. The molecule has 0 bridgehead atoms. The first-order valence-corrected chi connectivity index (χ1v) is 11.2. The molecule has 0 amide bonds. The van der Waals surface area contributed by atoms with Crippen LogP contribution in [0, 0.1) is 0 Å². The summed E-state index contributed by atoms with van der Waals surface area (Å²) >= 11 is 1.08. The molecule has 0 saturated carbocycles. The maximum Gasteiger partial charge on any atom is 0.332 e. The molecule has 0 atom stereocenters. The van der Waals surface area contributed by atoms with Crippen molar-refractivity contribution in [1.29, 1.82) is 0 Å². The highest BCUT2D eigenvalue weighted by molar-refractivity contribution is 7.99. The van der Waals surface area contributed by atoms with Crippen LogP contribution in [0.4, 0.5) is 5.82 Å². The van der Waals surface area contributed by atoms with Crippen LogP contribution < -0.4 is 22.1 Å². The Labute approximate surface area is 175 Å². The lowest BCUT2D eigenvalue weighted by atomic mass is 10.2. The van der Waals surface area contributed by atoms with Gasteiger partial charge < -0.3 is 10.3 Å². The number of carbonyl (C=O) groups is 1. The van der Waals surface area contributed by atoms with E-state index in [2.05, 4.69) is 4.98 Å². The molecule has 0 saturated heterocycles. The number of nitrogen functional groups attached to an aromatic ring is 1. The summed E-state index contributed by atoms with van der Waals surface area (Å²) < 4.78 is 26.8. The number of sulfonamides is 1. The van der Waals surface area contributed by atoms with Gasteiger partial charge in [-0.05, 0) is 25.1 Å². The molecule has 3 aromatic rings. The molecule has 4 N–H and O–H groups in total. The maximum absolute atomic E-state index is 12.7. The fraction of sp³-hybridized carbons (Fsp3) is 0.294. The Morgan fingerprint density at radius 1 is 1.20 bits per heavy atom. The van der Waals surface area contributed by atoms with E-state index in [1.54, 1.807) is 6.07 Å². The van der Waals surface area contributed by atoms with Gasteiger partial charge in [0.2, 0.25) is 10.0 Å². The van der Waals surface area contributed by atoms with Crippen LogP contribution in [-0.2, 0) is 30.7 Å². The van der Waals surface area contributed by atoms with E-state index in [9.17, 15) is 22.8 Å². The fourth-order valence-corrected chi connectivity index (χ4v) is 4.49. The van der Waals surface area contributed by atoms with Crippen LogP contribution >= 0.6 is 11.8 Å². The van der Waals surface area contributed by atoms with Crippen molar-refractivity contribution < 1.29 is 13.2 Å². The summed E-state index contributed by atoms with van der Waals surface area (Å²) in [6, 6.07) is 4.35. The molecule has 0 radical (unpaired) electrons. The summed E-state index contributed by atoms with van der Waals surface area (Å²) in [6.45, 7) is 2.40. The van der Waals surface area contributed by atoms with Crippen LogP contribution in [-0.4, -0.2) is 38.6 Å². The SMILES string of the molecule is CCn1c(SCC(=O)c2c(N)n(C)c(=O)n(C)c2=O)nc2cc(S(N)(=O)=O)ccc21. The van der Waals surface area contributed by atoms with Crippen molar-refractivity contribution in [2.75, 3.05) is 11.5 Å². The van der Waals surface area contributed by atoms with Gasteiger partial charge in [-0.25, -0.2) is 23.3 Å². The molecule has 0 aliphatic rings. The minimum atomic E-state index is -3.88. The number of fused-ring (bicyclic) bond motifs is 1. The average molecular weight is 453 g/mol. The zero-order valence-corrected chi connectivity index (χ0v) is 18.1. The normalized spacial score (nSPS) is 11.9. The van der Waals surface area contributed by atoms with Gasteiger partial charge in [-0.15, -0.1) is 0 Å². The summed E-state index contributed by atoms with van der Waals surface area (Å²) in [5.74, 6) is -0.896. The third-order valence-corrected chi connectivity index (χ3v) is 6.54. The number of thioether (sulfide) groups is 1.